The van der Waals surface area contributed by atoms with Crippen LogP contribution in [0.2, 0.25) is 0 Å². The lowest BCUT2D eigenvalue weighted by Gasteiger charge is -2.35. The van der Waals surface area contributed by atoms with Crippen molar-refractivity contribution in [3.63, 3.8) is 0 Å². The number of ether oxygens (including phenoxy) is 1. The van der Waals surface area contributed by atoms with Crippen LogP contribution in [0.25, 0.3) is 0 Å². The minimum Gasteiger partial charge on any atom is -0.393 e. The molecule has 0 aromatic heterocycles. The summed E-state index contributed by atoms with van der Waals surface area (Å²) in [6.45, 7) is 4.27. The number of cyclic esters (lactones) is 2. The van der Waals surface area contributed by atoms with E-state index in [2.05, 4.69) is 13.8 Å². The van der Waals surface area contributed by atoms with E-state index in [0.717, 1.165) is 25.7 Å². The van der Waals surface area contributed by atoms with Crippen LogP contribution >= 0.6 is 0 Å². The maximum absolute atomic E-state index is 11.6. The van der Waals surface area contributed by atoms with Crippen LogP contribution in [0.4, 0.5) is 0 Å². The topological polar surface area (TPSA) is 43.4 Å². The van der Waals surface area contributed by atoms with E-state index in [0.29, 0.717) is 11.8 Å². The molecule has 0 bridgehead atoms. The summed E-state index contributed by atoms with van der Waals surface area (Å²) in [4.78, 5) is 23.0. The van der Waals surface area contributed by atoms with Crippen LogP contribution in [0.3, 0.4) is 0 Å². The molecule has 1 saturated heterocycles. The number of hydrogen-bond donors (Lipinski definition) is 0. The summed E-state index contributed by atoms with van der Waals surface area (Å²) in [7, 11) is 0. The average Bonchev–Trinajstić information content (AvgIpc) is 2.53. The van der Waals surface area contributed by atoms with E-state index >= 15 is 0 Å². The van der Waals surface area contributed by atoms with Gasteiger partial charge in [0, 0.05) is 0 Å². The number of carbonyl (C=O) groups is 2. The maximum atomic E-state index is 11.6. The van der Waals surface area contributed by atoms with Crippen molar-refractivity contribution in [3.8, 4) is 0 Å². The lowest BCUT2D eigenvalue weighted by molar-refractivity contribution is -0.154. The van der Waals surface area contributed by atoms with E-state index in [9.17, 15) is 9.59 Å². The van der Waals surface area contributed by atoms with Crippen LogP contribution in [0.5, 0.6) is 0 Å². The molecule has 2 fully saturated rings. The fraction of sp³-hybridized carbons (Fsp3) is 0.833. The summed E-state index contributed by atoms with van der Waals surface area (Å²) in [6.07, 6.45) is 3.98. The Balaban J connectivity index is 2.23. The minimum atomic E-state index is -0.280. The summed E-state index contributed by atoms with van der Waals surface area (Å²) in [5.74, 6) is 0.127. The zero-order valence-electron chi connectivity index (χ0n) is 9.36. The van der Waals surface area contributed by atoms with Crippen molar-refractivity contribution in [3.05, 3.63) is 0 Å². The van der Waals surface area contributed by atoms with Gasteiger partial charge in [-0.05, 0) is 24.7 Å². The predicted molar refractivity (Wildman–Crippen MR) is 54.9 cm³/mol. The average molecular weight is 210 g/mol. The van der Waals surface area contributed by atoms with Gasteiger partial charge in [0.15, 0.2) is 0 Å². The third kappa shape index (κ3) is 1.58. The largest absolute Gasteiger partial charge is 0.393 e. The molecule has 1 aliphatic carbocycles. The zero-order valence-corrected chi connectivity index (χ0v) is 9.36. The monoisotopic (exact) mass is 210 g/mol. The molecule has 1 saturated carbocycles. The molecule has 0 spiro atoms. The quantitative estimate of drug-likeness (QED) is 0.518. The lowest BCUT2D eigenvalue weighted by atomic mass is 9.66. The highest BCUT2D eigenvalue weighted by Crippen LogP contribution is 2.45. The standard InChI is InChI=1S/C12H18O3/c1-3-7-5-6-9-10(8(7)4-2)12(14)15-11(9)13/h7-10H,3-6H2,1-2H3. The smallest absolute Gasteiger partial charge is 0.317 e. The lowest BCUT2D eigenvalue weighted by Crippen LogP contribution is -2.36. The fourth-order valence-corrected chi connectivity index (χ4v) is 3.32. The van der Waals surface area contributed by atoms with Crippen molar-refractivity contribution in [2.24, 2.45) is 23.7 Å². The number of fused-ring (bicyclic) bond motifs is 1. The molecule has 0 N–H and O–H groups in total. The number of rotatable bonds is 2. The van der Waals surface area contributed by atoms with Crippen LogP contribution in [0.15, 0.2) is 0 Å². The van der Waals surface area contributed by atoms with Crippen LogP contribution in [-0.4, -0.2) is 11.9 Å². The Morgan fingerprint density at radius 3 is 2.47 bits per heavy atom. The Labute approximate surface area is 90.2 Å². The van der Waals surface area contributed by atoms with Crippen molar-refractivity contribution in [1.29, 1.82) is 0 Å². The Bertz CT molecular complexity index is 285. The van der Waals surface area contributed by atoms with Gasteiger partial charge >= 0.3 is 11.9 Å². The predicted octanol–water partition coefficient (Wildman–Crippen LogP) is 2.15. The maximum Gasteiger partial charge on any atom is 0.317 e. The van der Waals surface area contributed by atoms with Gasteiger partial charge < -0.3 is 4.74 Å². The molecular formula is C12H18O3. The summed E-state index contributed by atoms with van der Waals surface area (Å²) >= 11 is 0. The first-order valence-corrected chi connectivity index (χ1v) is 5.94. The first kappa shape index (κ1) is 10.7. The van der Waals surface area contributed by atoms with Gasteiger partial charge in [-0.25, -0.2) is 0 Å². The van der Waals surface area contributed by atoms with Crippen LogP contribution < -0.4 is 0 Å². The molecule has 15 heavy (non-hydrogen) atoms. The summed E-state index contributed by atoms with van der Waals surface area (Å²) in [5, 5.41) is 0. The highest BCUT2D eigenvalue weighted by atomic mass is 16.6. The second-order valence-electron chi connectivity index (χ2n) is 4.69. The van der Waals surface area contributed by atoms with E-state index in [4.69, 9.17) is 4.74 Å². The molecule has 0 amide bonds. The van der Waals surface area contributed by atoms with Gasteiger partial charge in [-0.1, -0.05) is 26.7 Å². The molecule has 1 aliphatic heterocycles. The second-order valence-corrected chi connectivity index (χ2v) is 4.69. The van der Waals surface area contributed by atoms with Crippen molar-refractivity contribution in [1.82, 2.24) is 0 Å². The van der Waals surface area contributed by atoms with Gasteiger partial charge in [-0.2, -0.15) is 0 Å². The number of hydrogen-bond acceptors (Lipinski definition) is 3. The molecule has 84 valence electrons. The molecule has 3 nitrogen and oxygen atoms in total. The molecule has 2 aliphatic rings. The molecule has 0 radical (unpaired) electrons. The zero-order chi connectivity index (χ0) is 11.0. The van der Waals surface area contributed by atoms with Crippen molar-refractivity contribution >= 4 is 11.9 Å². The molecule has 0 aromatic carbocycles. The van der Waals surface area contributed by atoms with Gasteiger partial charge in [0.2, 0.25) is 0 Å². The summed E-state index contributed by atoms with van der Waals surface area (Å²) in [5.41, 5.74) is 0. The van der Waals surface area contributed by atoms with Gasteiger partial charge in [-0.3, -0.25) is 9.59 Å². The number of carbonyl (C=O) groups excluding carboxylic acids is 2. The first-order valence-electron chi connectivity index (χ1n) is 5.94. The highest BCUT2D eigenvalue weighted by molar-refractivity contribution is 5.96. The van der Waals surface area contributed by atoms with Gasteiger partial charge in [-0.15, -0.1) is 0 Å². The van der Waals surface area contributed by atoms with E-state index in [1.165, 1.54) is 0 Å². The Hall–Kier alpha value is -0.860. The van der Waals surface area contributed by atoms with Crippen LogP contribution in [0.1, 0.15) is 39.5 Å². The van der Waals surface area contributed by atoms with E-state index < -0.39 is 0 Å². The molecule has 4 atom stereocenters. The van der Waals surface area contributed by atoms with Crippen molar-refractivity contribution in [2.75, 3.05) is 0 Å². The van der Waals surface area contributed by atoms with Crippen LogP contribution in [-0.2, 0) is 14.3 Å². The Morgan fingerprint density at radius 2 is 1.87 bits per heavy atom. The van der Waals surface area contributed by atoms with E-state index in [1.54, 1.807) is 0 Å². The number of esters is 2. The third-order valence-corrected chi connectivity index (χ3v) is 4.12. The van der Waals surface area contributed by atoms with Gasteiger partial charge in [0.1, 0.15) is 0 Å². The van der Waals surface area contributed by atoms with E-state index in [1.807, 2.05) is 0 Å². The SMILES string of the molecule is CCC1CCC2C(=O)OC(=O)C2C1CC. The van der Waals surface area contributed by atoms with Gasteiger partial charge in [0.25, 0.3) is 0 Å². The summed E-state index contributed by atoms with van der Waals surface area (Å²) < 4.78 is 4.76. The highest BCUT2D eigenvalue weighted by Gasteiger charge is 2.51. The Morgan fingerprint density at radius 1 is 1.13 bits per heavy atom. The molecule has 3 heteroatoms. The van der Waals surface area contributed by atoms with Crippen LogP contribution in [0, 0.1) is 23.7 Å². The fourth-order valence-electron chi connectivity index (χ4n) is 3.32. The Kier molecular flexibility index (Phi) is 2.81. The third-order valence-electron chi connectivity index (χ3n) is 4.12. The molecular weight excluding hydrogens is 192 g/mol. The summed E-state index contributed by atoms with van der Waals surface area (Å²) in [6, 6.07) is 0. The molecule has 1 heterocycles. The molecule has 0 aromatic rings. The normalized spacial score (nSPS) is 40.1. The minimum absolute atomic E-state index is 0.134. The van der Waals surface area contributed by atoms with E-state index in [-0.39, 0.29) is 23.8 Å². The first-order chi connectivity index (χ1) is 7.19. The molecule has 4 unspecified atom stereocenters. The van der Waals surface area contributed by atoms with Crippen molar-refractivity contribution < 1.29 is 14.3 Å². The van der Waals surface area contributed by atoms with Crippen molar-refractivity contribution in [2.45, 2.75) is 39.5 Å². The second kappa shape index (κ2) is 3.95. The van der Waals surface area contributed by atoms with Gasteiger partial charge in [0.05, 0.1) is 11.8 Å². The molecule has 2 rings (SSSR count).